The van der Waals surface area contributed by atoms with Crippen LogP contribution in [0.1, 0.15) is 30.9 Å². The van der Waals surface area contributed by atoms with E-state index < -0.39 is 0 Å². The number of hydrogen-bond donors (Lipinski definition) is 0. The Balaban J connectivity index is 1.75. The van der Waals surface area contributed by atoms with Crippen molar-refractivity contribution in [3.05, 3.63) is 65.7 Å². The normalized spacial score (nSPS) is 20.5. The van der Waals surface area contributed by atoms with Gasteiger partial charge in [-0.1, -0.05) is 55.8 Å². The number of unbranched alkanes of at least 4 members (excludes halogenated alkanes) is 1. The summed E-state index contributed by atoms with van der Waals surface area (Å²) in [6, 6.07) is 19.8. The maximum Gasteiger partial charge on any atom is 0.142 e. The standard InChI is InChI=1S/C23H32N2O/c1-4-5-9-20-12-14-22(15-13-20)25-16-17-26-23(19-25,24(2)3)18-21-10-7-6-8-11-21/h6-8,10-15H,4-5,9,16-19H2,1-3H3. The van der Waals surface area contributed by atoms with E-state index in [-0.39, 0.29) is 5.72 Å². The van der Waals surface area contributed by atoms with Gasteiger partial charge in [0.2, 0.25) is 0 Å². The minimum Gasteiger partial charge on any atom is -0.365 e. The zero-order valence-electron chi connectivity index (χ0n) is 16.4. The topological polar surface area (TPSA) is 15.7 Å². The fourth-order valence-electron chi connectivity index (χ4n) is 3.69. The van der Waals surface area contributed by atoms with Crippen molar-refractivity contribution >= 4 is 5.69 Å². The number of ether oxygens (including phenoxy) is 1. The van der Waals surface area contributed by atoms with E-state index in [1.807, 2.05) is 0 Å². The van der Waals surface area contributed by atoms with Crippen molar-refractivity contribution in [2.24, 2.45) is 0 Å². The molecule has 0 radical (unpaired) electrons. The Bertz CT molecular complexity index is 668. The molecule has 1 aliphatic heterocycles. The van der Waals surface area contributed by atoms with E-state index in [9.17, 15) is 0 Å². The third-order valence-electron chi connectivity index (χ3n) is 5.43. The number of rotatable bonds is 7. The molecule has 140 valence electrons. The van der Waals surface area contributed by atoms with Crippen LogP contribution in [0.15, 0.2) is 54.6 Å². The van der Waals surface area contributed by atoms with E-state index in [1.165, 1.54) is 36.1 Å². The first-order valence-electron chi connectivity index (χ1n) is 9.82. The fraction of sp³-hybridized carbons (Fsp3) is 0.478. The van der Waals surface area contributed by atoms with Gasteiger partial charge in [-0.15, -0.1) is 0 Å². The largest absolute Gasteiger partial charge is 0.365 e. The Labute approximate surface area is 158 Å². The van der Waals surface area contributed by atoms with Gasteiger partial charge in [0.05, 0.1) is 13.2 Å². The number of nitrogens with zero attached hydrogens (tertiary/aromatic N) is 2. The van der Waals surface area contributed by atoms with Crippen LogP contribution in [0.5, 0.6) is 0 Å². The average Bonchev–Trinajstić information content (AvgIpc) is 2.67. The van der Waals surface area contributed by atoms with Crippen LogP contribution < -0.4 is 4.90 Å². The molecule has 1 atom stereocenters. The number of morpholine rings is 1. The van der Waals surface area contributed by atoms with Crippen molar-refractivity contribution in [3.63, 3.8) is 0 Å². The second-order valence-electron chi connectivity index (χ2n) is 7.54. The van der Waals surface area contributed by atoms with Gasteiger partial charge >= 0.3 is 0 Å². The summed E-state index contributed by atoms with van der Waals surface area (Å²) in [4.78, 5) is 4.71. The van der Waals surface area contributed by atoms with Gasteiger partial charge in [-0.05, 0) is 50.2 Å². The molecule has 0 N–H and O–H groups in total. The highest BCUT2D eigenvalue weighted by Gasteiger charge is 2.39. The predicted octanol–water partition coefficient (Wildman–Crippen LogP) is 4.37. The minimum atomic E-state index is -0.291. The van der Waals surface area contributed by atoms with Crippen LogP contribution in [0.4, 0.5) is 5.69 Å². The molecule has 3 heteroatoms. The van der Waals surface area contributed by atoms with Gasteiger partial charge in [0.15, 0.2) is 0 Å². The molecule has 26 heavy (non-hydrogen) atoms. The van der Waals surface area contributed by atoms with E-state index in [2.05, 4.69) is 85.4 Å². The number of hydrogen-bond acceptors (Lipinski definition) is 3. The van der Waals surface area contributed by atoms with Gasteiger partial charge in [0, 0.05) is 18.7 Å². The van der Waals surface area contributed by atoms with Crippen molar-refractivity contribution in [1.29, 1.82) is 0 Å². The molecule has 0 aliphatic carbocycles. The quantitative estimate of drug-likeness (QED) is 0.736. The second kappa shape index (κ2) is 8.70. The SMILES string of the molecule is CCCCc1ccc(N2CCOC(Cc3ccccc3)(N(C)C)C2)cc1. The van der Waals surface area contributed by atoms with Crippen molar-refractivity contribution in [1.82, 2.24) is 4.90 Å². The zero-order valence-corrected chi connectivity index (χ0v) is 16.4. The van der Waals surface area contributed by atoms with Gasteiger partial charge in [-0.2, -0.15) is 0 Å². The number of benzene rings is 2. The highest BCUT2D eigenvalue weighted by atomic mass is 16.5. The Kier molecular flexibility index (Phi) is 6.33. The monoisotopic (exact) mass is 352 g/mol. The summed E-state index contributed by atoms with van der Waals surface area (Å²) in [5.74, 6) is 0. The lowest BCUT2D eigenvalue weighted by Gasteiger charge is -2.47. The smallest absolute Gasteiger partial charge is 0.142 e. The Morgan fingerprint density at radius 2 is 1.73 bits per heavy atom. The summed E-state index contributed by atoms with van der Waals surface area (Å²) in [5.41, 5.74) is 3.76. The van der Waals surface area contributed by atoms with Crippen LogP contribution in [-0.4, -0.2) is 44.4 Å². The van der Waals surface area contributed by atoms with Gasteiger partial charge in [0.25, 0.3) is 0 Å². The highest BCUT2D eigenvalue weighted by Crippen LogP contribution is 2.29. The van der Waals surface area contributed by atoms with E-state index in [4.69, 9.17) is 4.74 Å². The molecule has 3 nitrogen and oxygen atoms in total. The molecule has 2 aromatic carbocycles. The van der Waals surface area contributed by atoms with Crippen LogP contribution in [-0.2, 0) is 17.6 Å². The molecule has 2 aromatic rings. The molecule has 0 bridgehead atoms. The van der Waals surface area contributed by atoms with Crippen LogP contribution in [0.2, 0.25) is 0 Å². The number of likely N-dealkylation sites (N-methyl/N-ethyl adjacent to an activating group) is 1. The van der Waals surface area contributed by atoms with Crippen LogP contribution in [0, 0.1) is 0 Å². The lowest BCUT2D eigenvalue weighted by molar-refractivity contribution is -0.143. The van der Waals surface area contributed by atoms with Crippen molar-refractivity contribution in [2.45, 2.75) is 38.3 Å². The molecule has 1 fully saturated rings. The molecule has 0 aromatic heterocycles. The first-order valence-corrected chi connectivity index (χ1v) is 9.82. The van der Waals surface area contributed by atoms with Gasteiger partial charge < -0.3 is 9.64 Å². The first-order chi connectivity index (χ1) is 12.6. The fourth-order valence-corrected chi connectivity index (χ4v) is 3.69. The van der Waals surface area contributed by atoms with Crippen LogP contribution in [0.25, 0.3) is 0 Å². The molecule has 1 aliphatic rings. The maximum absolute atomic E-state index is 6.34. The molecular weight excluding hydrogens is 320 g/mol. The van der Waals surface area contributed by atoms with Gasteiger partial charge in [-0.25, -0.2) is 0 Å². The molecular formula is C23H32N2O. The first kappa shape index (κ1) is 18.9. The van der Waals surface area contributed by atoms with Crippen molar-refractivity contribution in [2.75, 3.05) is 38.7 Å². The zero-order chi connectivity index (χ0) is 18.4. The second-order valence-corrected chi connectivity index (χ2v) is 7.54. The van der Waals surface area contributed by atoms with Crippen LogP contribution >= 0.6 is 0 Å². The molecule has 0 amide bonds. The minimum absolute atomic E-state index is 0.291. The molecule has 1 unspecified atom stereocenters. The number of aryl methyl sites for hydroxylation is 1. The highest BCUT2D eigenvalue weighted by molar-refractivity contribution is 5.48. The lowest BCUT2D eigenvalue weighted by atomic mass is 9.98. The lowest BCUT2D eigenvalue weighted by Crippen LogP contribution is -2.60. The Morgan fingerprint density at radius 3 is 2.38 bits per heavy atom. The molecule has 1 saturated heterocycles. The Hall–Kier alpha value is -1.84. The van der Waals surface area contributed by atoms with Gasteiger partial charge in [-0.3, -0.25) is 4.90 Å². The van der Waals surface area contributed by atoms with E-state index in [1.54, 1.807) is 0 Å². The third kappa shape index (κ3) is 4.46. The predicted molar refractivity (Wildman–Crippen MR) is 110 cm³/mol. The molecule has 0 spiro atoms. The summed E-state index contributed by atoms with van der Waals surface area (Å²) in [6.07, 6.45) is 4.58. The molecule has 1 heterocycles. The third-order valence-corrected chi connectivity index (χ3v) is 5.43. The van der Waals surface area contributed by atoms with Crippen molar-refractivity contribution in [3.8, 4) is 0 Å². The maximum atomic E-state index is 6.34. The van der Waals surface area contributed by atoms with E-state index >= 15 is 0 Å². The summed E-state index contributed by atoms with van der Waals surface area (Å²) >= 11 is 0. The number of anilines is 1. The summed E-state index contributed by atoms with van der Waals surface area (Å²) in [7, 11) is 4.25. The van der Waals surface area contributed by atoms with Crippen LogP contribution in [0.3, 0.4) is 0 Å². The summed E-state index contributed by atoms with van der Waals surface area (Å²) in [5, 5.41) is 0. The van der Waals surface area contributed by atoms with E-state index in [0.29, 0.717) is 0 Å². The molecule has 0 saturated carbocycles. The average molecular weight is 353 g/mol. The molecule has 3 rings (SSSR count). The Morgan fingerprint density at radius 1 is 1.00 bits per heavy atom. The summed E-state index contributed by atoms with van der Waals surface area (Å²) in [6.45, 7) is 4.82. The summed E-state index contributed by atoms with van der Waals surface area (Å²) < 4.78 is 6.34. The van der Waals surface area contributed by atoms with E-state index in [0.717, 1.165) is 26.1 Å². The van der Waals surface area contributed by atoms with Gasteiger partial charge in [0.1, 0.15) is 5.72 Å². The van der Waals surface area contributed by atoms with Crippen molar-refractivity contribution < 1.29 is 4.74 Å².